The Labute approximate surface area is 130 Å². The highest BCUT2D eigenvalue weighted by Crippen LogP contribution is 2.31. The fourth-order valence-electron chi connectivity index (χ4n) is 3.16. The number of carbonyl (C=O) groups is 1. The van der Waals surface area contributed by atoms with E-state index in [1.54, 1.807) is 6.20 Å². The number of piperidine rings is 1. The van der Waals surface area contributed by atoms with Crippen molar-refractivity contribution in [3.8, 4) is 0 Å². The molecule has 1 amide bonds. The number of carbonyl (C=O) groups excluding carboxylic acids is 1. The van der Waals surface area contributed by atoms with Crippen LogP contribution in [0.25, 0.3) is 0 Å². The maximum Gasteiger partial charge on any atom is 0.227 e. The van der Waals surface area contributed by atoms with Crippen LogP contribution in [0.4, 0.5) is 0 Å². The number of hydrogen-bond donors (Lipinski definition) is 0. The van der Waals surface area contributed by atoms with Crippen molar-refractivity contribution in [2.24, 2.45) is 0 Å². The molecule has 2 aromatic heterocycles. The van der Waals surface area contributed by atoms with E-state index in [2.05, 4.69) is 16.2 Å². The lowest BCUT2D eigenvalue weighted by atomic mass is 9.95. The lowest BCUT2D eigenvalue weighted by Crippen LogP contribution is -2.39. The molecular formula is C17H21N3O2. The summed E-state index contributed by atoms with van der Waals surface area (Å²) in [5.74, 6) is 0.878. The van der Waals surface area contributed by atoms with Crippen molar-refractivity contribution >= 4 is 5.91 Å². The summed E-state index contributed by atoms with van der Waals surface area (Å²) in [5.41, 5.74) is 2.84. The van der Waals surface area contributed by atoms with Crippen molar-refractivity contribution in [1.82, 2.24) is 15.0 Å². The quantitative estimate of drug-likeness (QED) is 0.874. The summed E-state index contributed by atoms with van der Waals surface area (Å²) in [4.78, 5) is 19.0. The minimum Gasteiger partial charge on any atom is -0.361 e. The van der Waals surface area contributed by atoms with Crippen LogP contribution in [0.1, 0.15) is 47.9 Å². The molecule has 1 aliphatic heterocycles. The Bertz CT molecular complexity index is 632. The Balaban J connectivity index is 1.80. The molecule has 0 bridgehead atoms. The molecular weight excluding hydrogens is 278 g/mol. The van der Waals surface area contributed by atoms with Gasteiger partial charge in [-0.15, -0.1) is 0 Å². The number of likely N-dealkylation sites (tertiary alicyclic amines) is 1. The Hall–Kier alpha value is -2.17. The van der Waals surface area contributed by atoms with Gasteiger partial charge in [0.05, 0.1) is 18.2 Å². The molecule has 116 valence electrons. The molecule has 1 aliphatic rings. The molecule has 1 fully saturated rings. The van der Waals surface area contributed by atoms with Crippen molar-refractivity contribution in [2.45, 2.75) is 45.6 Å². The molecule has 3 rings (SSSR count). The van der Waals surface area contributed by atoms with Gasteiger partial charge in [0.15, 0.2) is 0 Å². The first-order chi connectivity index (χ1) is 10.7. The van der Waals surface area contributed by atoms with Gasteiger partial charge in [-0.2, -0.15) is 0 Å². The van der Waals surface area contributed by atoms with Crippen molar-refractivity contribution < 1.29 is 9.32 Å². The molecule has 0 aromatic carbocycles. The third kappa shape index (κ3) is 2.89. The summed E-state index contributed by atoms with van der Waals surface area (Å²) >= 11 is 0. The highest BCUT2D eigenvalue weighted by atomic mass is 16.5. The van der Waals surface area contributed by atoms with Crippen molar-refractivity contribution in [2.75, 3.05) is 6.54 Å². The van der Waals surface area contributed by atoms with Gasteiger partial charge in [0.2, 0.25) is 5.91 Å². The van der Waals surface area contributed by atoms with E-state index < -0.39 is 0 Å². The van der Waals surface area contributed by atoms with Crippen LogP contribution in [0.15, 0.2) is 29.0 Å². The van der Waals surface area contributed by atoms with Gasteiger partial charge >= 0.3 is 0 Å². The largest absolute Gasteiger partial charge is 0.361 e. The number of rotatable bonds is 3. The molecule has 5 nitrogen and oxygen atoms in total. The SMILES string of the molecule is Cc1noc(C)c1CC(=O)N1CCCCC1c1cccnc1. The third-order valence-electron chi connectivity index (χ3n) is 4.40. The first kappa shape index (κ1) is 14.8. The predicted molar refractivity (Wildman–Crippen MR) is 82.2 cm³/mol. The molecule has 0 saturated carbocycles. The van der Waals surface area contributed by atoms with E-state index in [9.17, 15) is 4.79 Å². The molecule has 0 N–H and O–H groups in total. The first-order valence-electron chi connectivity index (χ1n) is 7.78. The van der Waals surface area contributed by atoms with Crippen LogP contribution in [-0.2, 0) is 11.2 Å². The van der Waals surface area contributed by atoms with Crippen LogP contribution in [0.3, 0.4) is 0 Å². The van der Waals surface area contributed by atoms with Gasteiger partial charge in [0, 0.05) is 24.5 Å². The van der Waals surface area contributed by atoms with E-state index in [-0.39, 0.29) is 11.9 Å². The minimum atomic E-state index is 0.135. The lowest BCUT2D eigenvalue weighted by Gasteiger charge is -2.36. The van der Waals surface area contributed by atoms with E-state index in [1.807, 2.05) is 31.0 Å². The second-order valence-electron chi connectivity index (χ2n) is 5.86. The molecule has 0 aliphatic carbocycles. The maximum atomic E-state index is 12.8. The zero-order chi connectivity index (χ0) is 15.5. The Morgan fingerprint density at radius 2 is 2.27 bits per heavy atom. The zero-order valence-corrected chi connectivity index (χ0v) is 13.1. The van der Waals surface area contributed by atoms with Gasteiger partial charge in [0.25, 0.3) is 0 Å². The standard InChI is InChI=1S/C17H21N3O2/c1-12-15(13(2)22-19-12)10-17(21)20-9-4-3-7-16(20)14-6-5-8-18-11-14/h5-6,8,11,16H,3-4,7,9-10H2,1-2H3. The summed E-state index contributed by atoms with van der Waals surface area (Å²) in [5, 5.41) is 3.94. The summed E-state index contributed by atoms with van der Waals surface area (Å²) in [6.07, 6.45) is 7.20. The van der Waals surface area contributed by atoms with E-state index >= 15 is 0 Å². The minimum absolute atomic E-state index is 0.135. The lowest BCUT2D eigenvalue weighted by molar-refractivity contribution is -0.134. The normalized spacial score (nSPS) is 18.5. The summed E-state index contributed by atoms with van der Waals surface area (Å²) in [7, 11) is 0. The van der Waals surface area contributed by atoms with E-state index in [0.717, 1.165) is 48.4 Å². The highest BCUT2D eigenvalue weighted by molar-refractivity contribution is 5.79. The number of aromatic nitrogens is 2. The smallest absolute Gasteiger partial charge is 0.227 e. The fraction of sp³-hybridized carbons (Fsp3) is 0.471. The second kappa shape index (κ2) is 6.30. The Morgan fingerprint density at radius 3 is 2.95 bits per heavy atom. The van der Waals surface area contributed by atoms with Crippen molar-refractivity contribution in [3.05, 3.63) is 47.1 Å². The van der Waals surface area contributed by atoms with Crippen molar-refractivity contribution in [3.63, 3.8) is 0 Å². The third-order valence-corrected chi connectivity index (χ3v) is 4.40. The average Bonchev–Trinajstić information content (AvgIpc) is 2.87. The molecule has 1 unspecified atom stereocenters. The molecule has 0 spiro atoms. The van der Waals surface area contributed by atoms with Gasteiger partial charge in [-0.25, -0.2) is 0 Å². The Kier molecular flexibility index (Phi) is 4.22. The van der Waals surface area contributed by atoms with Gasteiger partial charge in [-0.3, -0.25) is 9.78 Å². The van der Waals surface area contributed by atoms with Gasteiger partial charge in [0.1, 0.15) is 5.76 Å². The highest BCUT2D eigenvalue weighted by Gasteiger charge is 2.29. The molecule has 1 atom stereocenters. The zero-order valence-electron chi connectivity index (χ0n) is 13.1. The number of amides is 1. The van der Waals surface area contributed by atoms with Crippen LogP contribution < -0.4 is 0 Å². The topological polar surface area (TPSA) is 59.2 Å². The van der Waals surface area contributed by atoms with Crippen LogP contribution >= 0.6 is 0 Å². The molecule has 0 radical (unpaired) electrons. The summed E-state index contributed by atoms with van der Waals surface area (Å²) in [6.45, 7) is 4.55. The van der Waals surface area contributed by atoms with Crippen LogP contribution in [0.2, 0.25) is 0 Å². The molecule has 5 heteroatoms. The first-order valence-corrected chi connectivity index (χ1v) is 7.78. The van der Waals surface area contributed by atoms with Gasteiger partial charge in [-0.05, 0) is 44.7 Å². The number of hydrogen-bond acceptors (Lipinski definition) is 4. The van der Waals surface area contributed by atoms with Crippen LogP contribution in [-0.4, -0.2) is 27.5 Å². The van der Waals surface area contributed by atoms with Gasteiger partial charge < -0.3 is 9.42 Å². The number of nitrogens with zero attached hydrogens (tertiary/aromatic N) is 3. The average molecular weight is 299 g/mol. The molecule has 3 heterocycles. The van der Waals surface area contributed by atoms with E-state index in [0.29, 0.717) is 6.42 Å². The fourth-order valence-corrected chi connectivity index (χ4v) is 3.16. The van der Waals surface area contributed by atoms with E-state index in [4.69, 9.17) is 4.52 Å². The monoisotopic (exact) mass is 299 g/mol. The number of pyridine rings is 1. The summed E-state index contributed by atoms with van der Waals surface area (Å²) in [6, 6.07) is 4.12. The van der Waals surface area contributed by atoms with Crippen LogP contribution in [0.5, 0.6) is 0 Å². The second-order valence-corrected chi connectivity index (χ2v) is 5.86. The summed E-state index contributed by atoms with van der Waals surface area (Å²) < 4.78 is 5.16. The predicted octanol–water partition coefficient (Wildman–Crippen LogP) is 2.98. The van der Waals surface area contributed by atoms with Crippen LogP contribution in [0, 0.1) is 13.8 Å². The van der Waals surface area contributed by atoms with Gasteiger partial charge in [-0.1, -0.05) is 11.2 Å². The van der Waals surface area contributed by atoms with E-state index in [1.165, 1.54) is 0 Å². The molecule has 2 aromatic rings. The molecule has 1 saturated heterocycles. The van der Waals surface area contributed by atoms with Crippen molar-refractivity contribution in [1.29, 1.82) is 0 Å². The Morgan fingerprint density at radius 1 is 1.41 bits per heavy atom. The number of aryl methyl sites for hydroxylation is 2. The molecule has 22 heavy (non-hydrogen) atoms. The maximum absolute atomic E-state index is 12.8.